The van der Waals surface area contributed by atoms with Gasteiger partial charge in [-0.25, -0.2) is 0 Å². The standard InChI is InChI=1S/C18H21ClN2O/c1-18(2)13-21(17-6-4-3-5-16(17)20-18)11-12-22-15-9-7-14(19)8-10-15/h3-10,20H,11-13H2,1-2H3. The van der Waals surface area contributed by atoms with Crippen LogP contribution in [0.4, 0.5) is 11.4 Å². The lowest BCUT2D eigenvalue weighted by atomic mass is 9.99. The van der Waals surface area contributed by atoms with Crippen molar-refractivity contribution >= 4 is 23.0 Å². The van der Waals surface area contributed by atoms with Crippen molar-refractivity contribution in [1.29, 1.82) is 0 Å². The zero-order valence-electron chi connectivity index (χ0n) is 13.0. The number of ether oxygens (including phenoxy) is 1. The van der Waals surface area contributed by atoms with Gasteiger partial charge in [-0.2, -0.15) is 0 Å². The van der Waals surface area contributed by atoms with Crippen LogP contribution >= 0.6 is 11.6 Å². The van der Waals surface area contributed by atoms with E-state index in [1.54, 1.807) is 0 Å². The van der Waals surface area contributed by atoms with Gasteiger partial charge >= 0.3 is 0 Å². The molecule has 3 nitrogen and oxygen atoms in total. The lowest BCUT2D eigenvalue weighted by Gasteiger charge is -2.42. The van der Waals surface area contributed by atoms with E-state index >= 15 is 0 Å². The molecule has 0 unspecified atom stereocenters. The third-order valence-electron chi connectivity index (χ3n) is 3.75. The zero-order chi connectivity index (χ0) is 15.6. The monoisotopic (exact) mass is 316 g/mol. The number of fused-ring (bicyclic) bond motifs is 1. The number of nitrogens with zero attached hydrogens (tertiary/aromatic N) is 1. The molecule has 0 atom stereocenters. The van der Waals surface area contributed by atoms with E-state index < -0.39 is 0 Å². The van der Waals surface area contributed by atoms with E-state index in [4.69, 9.17) is 16.3 Å². The minimum atomic E-state index is 0.0502. The van der Waals surface area contributed by atoms with E-state index in [9.17, 15) is 0 Å². The molecule has 0 aromatic heterocycles. The van der Waals surface area contributed by atoms with Crippen LogP contribution in [0, 0.1) is 0 Å². The summed E-state index contributed by atoms with van der Waals surface area (Å²) in [4.78, 5) is 2.38. The summed E-state index contributed by atoms with van der Waals surface area (Å²) >= 11 is 5.88. The Morgan fingerprint density at radius 3 is 2.64 bits per heavy atom. The highest BCUT2D eigenvalue weighted by atomic mass is 35.5. The summed E-state index contributed by atoms with van der Waals surface area (Å²) in [5, 5.41) is 4.31. The van der Waals surface area contributed by atoms with Crippen LogP contribution in [0.25, 0.3) is 0 Å². The van der Waals surface area contributed by atoms with E-state index in [0.717, 1.165) is 23.9 Å². The molecular formula is C18H21ClN2O. The van der Waals surface area contributed by atoms with Crippen LogP contribution in [0.2, 0.25) is 5.02 Å². The topological polar surface area (TPSA) is 24.5 Å². The average molecular weight is 317 g/mol. The normalized spacial score (nSPS) is 15.9. The molecule has 1 N–H and O–H groups in total. The van der Waals surface area contributed by atoms with Gasteiger partial charge in [0.2, 0.25) is 0 Å². The zero-order valence-corrected chi connectivity index (χ0v) is 13.7. The Morgan fingerprint density at radius 2 is 1.86 bits per heavy atom. The highest BCUT2D eigenvalue weighted by Gasteiger charge is 2.28. The van der Waals surface area contributed by atoms with Gasteiger partial charge in [0.25, 0.3) is 0 Å². The first-order chi connectivity index (χ1) is 10.5. The van der Waals surface area contributed by atoms with Crippen molar-refractivity contribution in [1.82, 2.24) is 0 Å². The Bertz CT molecular complexity index is 640. The van der Waals surface area contributed by atoms with Crippen molar-refractivity contribution < 1.29 is 4.74 Å². The van der Waals surface area contributed by atoms with Crippen LogP contribution in [-0.2, 0) is 0 Å². The van der Waals surface area contributed by atoms with Crippen molar-refractivity contribution in [2.24, 2.45) is 0 Å². The summed E-state index contributed by atoms with van der Waals surface area (Å²) in [6.07, 6.45) is 0. The van der Waals surface area contributed by atoms with Crippen molar-refractivity contribution in [2.45, 2.75) is 19.4 Å². The van der Waals surface area contributed by atoms with Gasteiger partial charge in [0, 0.05) is 17.1 Å². The van der Waals surface area contributed by atoms with Crippen LogP contribution < -0.4 is 15.0 Å². The van der Waals surface area contributed by atoms with Gasteiger partial charge in [-0.3, -0.25) is 0 Å². The summed E-state index contributed by atoms with van der Waals surface area (Å²) in [5.74, 6) is 0.854. The maximum absolute atomic E-state index is 5.88. The molecule has 1 aliphatic heterocycles. The van der Waals surface area contributed by atoms with Crippen LogP contribution in [0.5, 0.6) is 5.75 Å². The van der Waals surface area contributed by atoms with E-state index in [1.807, 2.05) is 24.3 Å². The van der Waals surface area contributed by atoms with Crippen molar-refractivity contribution in [3.63, 3.8) is 0 Å². The van der Waals surface area contributed by atoms with Crippen LogP contribution in [0.15, 0.2) is 48.5 Å². The van der Waals surface area contributed by atoms with E-state index in [-0.39, 0.29) is 5.54 Å². The number of hydrogen-bond donors (Lipinski definition) is 1. The maximum Gasteiger partial charge on any atom is 0.119 e. The molecule has 2 aromatic rings. The second-order valence-corrected chi connectivity index (χ2v) is 6.69. The average Bonchev–Trinajstić information content (AvgIpc) is 2.48. The summed E-state index contributed by atoms with van der Waals surface area (Å²) in [5.41, 5.74) is 2.47. The fourth-order valence-electron chi connectivity index (χ4n) is 2.83. The number of para-hydroxylation sites is 2. The van der Waals surface area contributed by atoms with Gasteiger partial charge in [0.05, 0.1) is 17.9 Å². The van der Waals surface area contributed by atoms with Crippen LogP contribution in [0.3, 0.4) is 0 Å². The molecule has 0 saturated heterocycles. The summed E-state index contributed by atoms with van der Waals surface area (Å²) in [6, 6.07) is 15.9. The van der Waals surface area contributed by atoms with Gasteiger partial charge in [-0.1, -0.05) is 23.7 Å². The van der Waals surface area contributed by atoms with Crippen molar-refractivity contribution in [3.8, 4) is 5.75 Å². The molecule has 1 aliphatic rings. The third-order valence-corrected chi connectivity index (χ3v) is 4.00. The van der Waals surface area contributed by atoms with Gasteiger partial charge in [0.1, 0.15) is 12.4 Å². The van der Waals surface area contributed by atoms with E-state index in [0.29, 0.717) is 6.61 Å². The predicted octanol–water partition coefficient (Wildman–Crippen LogP) is 4.43. The second-order valence-electron chi connectivity index (χ2n) is 6.25. The lowest BCUT2D eigenvalue weighted by molar-refractivity contribution is 0.320. The molecule has 0 bridgehead atoms. The van der Waals surface area contributed by atoms with Crippen molar-refractivity contribution in [3.05, 3.63) is 53.6 Å². The molecule has 116 valence electrons. The Kier molecular flexibility index (Phi) is 4.16. The first kappa shape index (κ1) is 15.0. The molecule has 0 aliphatic carbocycles. The number of anilines is 2. The molecule has 4 heteroatoms. The molecule has 1 heterocycles. The molecule has 0 saturated carbocycles. The van der Waals surface area contributed by atoms with E-state index in [2.05, 4.69) is 48.3 Å². The van der Waals surface area contributed by atoms with Crippen LogP contribution in [-0.4, -0.2) is 25.2 Å². The summed E-state index contributed by atoms with van der Waals surface area (Å²) in [7, 11) is 0. The molecule has 2 aromatic carbocycles. The van der Waals surface area contributed by atoms with Gasteiger partial charge in [0.15, 0.2) is 0 Å². The number of hydrogen-bond acceptors (Lipinski definition) is 3. The smallest absolute Gasteiger partial charge is 0.119 e. The molecule has 0 fully saturated rings. The molecule has 0 spiro atoms. The molecular weight excluding hydrogens is 296 g/mol. The highest BCUT2D eigenvalue weighted by molar-refractivity contribution is 6.30. The molecule has 3 rings (SSSR count). The number of halogens is 1. The van der Waals surface area contributed by atoms with Gasteiger partial charge in [-0.05, 0) is 50.2 Å². The summed E-state index contributed by atoms with van der Waals surface area (Å²) < 4.78 is 5.83. The predicted molar refractivity (Wildman–Crippen MR) is 93.3 cm³/mol. The third kappa shape index (κ3) is 3.47. The summed E-state index contributed by atoms with van der Waals surface area (Å²) in [6.45, 7) is 6.89. The number of rotatable bonds is 4. The minimum Gasteiger partial charge on any atom is -0.492 e. The Labute approximate surface area is 136 Å². The largest absolute Gasteiger partial charge is 0.492 e. The first-order valence-electron chi connectivity index (χ1n) is 7.54. The number of nitrogens with one attached hydrogen (secondary N) is 1. The molecule has 0 radical (unpaired) electrons. The fraction of sp³-hybridized carbons (Fsp3) is 0.333. The highest BCUT2D eigenvalue weighted by Crippen LogP contribution is 2.33. The quantitative estimate of drug-likeness (QED) is 0.903. The first-order valence-corrected chi connectivity index (χ1v) is 7.92. The molecule has 22 heavy (non-hydrogen) atoms. The second kappa shape index (κ2) is 6.09. The Balaban J connectivity index is 1.65. The Hall–Kier alpha value is -1.87. The van der Waals surface area contributed by atoms with Crippen LogP contribution in [0.1, 0.15) is 13.8 Å². The molecule has 0 amide bonds. The van der Waals surface area contributed by atoms with E-state index in [1.165, 1.54) is 11.4 Å². The van der Waals surface area contributed by atoms with Crippen molar-refractivity contribution in [2.75, 3.05) is 29.9 Å². The Morgan fingerprint density at radius 1 is 1.14 bits per heavy atom. The minimum absolute atomic E-state index is 0.0502. The SMILES string of the molecule is CC1(C)CN(CCOc2ccc(Cl)cc2)c2ccccc2N1. The lowest BCUT2D eigenvalue weighted by Crippen LogP contribution is -2.49. The fourth-order valence-corrected chi connectivity index (χ4v) is 2.95. The number of benzene rings is 2. The van der Waals surface area contributed by atoms with Gasteiger partial charge in [-0.15, -0.1) is 0 Å². The van der Waals surface area contributed by atoms with Gasteiger partial charge < -0.3 is 15.0 Å². The maximum atomic E-state index is 5.88.